The number of aryl methyl sites for hydroxylation is 2. The van der Waals surface area contributed by atoms with E-state index in [1.807, 2.05) is 0 Å². The number of aromatic nitrogens is 2. The van der Waals surface area contributed by atoms with E-state index >= 15 is 0 Å². The molecule has 0 aliphatic heterocycles. The third-order valence-electron chi connectivity index (χ3n) is 8.49. The minimum absolute atomic E-state index is 0.562. The lowest BCUT2D eigenvalue weighted by Gasteiger charge is -2.20. The van der Waals surface area contributed by atoms with Crippen molar-refractivity contribution in [1.29, 1.82) is 0 Å². The van der Waals surface area contributed by atoms with E-state index in [4.69, 9.17) is 0 Å². The highest BCUT2D eigenvalue weighted by Gasteiger charge is 2.29. The molecule has 0 N–H and O–H groups in total. The van der Waals surface area contributed by atoms with Crippen LogP contribution in [0.3, 0.4) is 0 Å². The van der Waals surface area contributed by atoms with Crippen molar-refractivity contribution in [2.75, 3.05) is 0 Å². The Morgan fingerprint density at radius 3 is 2.27 bits per heavy atom. The zero-order chi connectivity index (χ0) is 25.8. The molecule has 3 heterocycles. The summed E-state index contributed by atoms with van der Waals surface area (Å²) in [4.78, 5) is 0. The maximum atomic E-state index is 2.66. The highest BCUT2D eigenvalue weighted by Crippen LogP contribution is 2.44. The van der Waals surface area contributed by atoms with Crippen LogP contribution in [0, 0.1) is 12.8 Å². The molecule has 0 fully saturated rings. The van der Waals surface area contributed by atoms with Crippen molar-refractivity contribution in [1.82, 2.24) is 4.40 Å². The molecular formula is C34H35N2Si+. The molecule has 184 valence electrons. The molecule has 7 rings (SSSR count). The molecule has 0 spiro atoms. The summed E-state index contributed by atoms with van der Waals surface area (Å²) in [7, 11) is 0.642. The van der Waals surface area contributed by atoms with Gasteiger partial charge in [-0.25, -0.2) is 4.57 Å². The normalized spacial score (nSPS) is 13.1. The molecule has 0 saturated heterocycles. The molecule has 0 amide bonds. The number of benzene rings is 4. The van der Waals surface area contributed by atoms with Crippen molar-refractivity contribution in [2.24, 2.45) is 13.0 Å². The molecule has 3 aromatic heterocycles. The number of hydrogen-bond acceptors (Lipinski definition) is 0. The smallest absolute Gasteiger partial charge is 0.224 e. The largest absolute Gasteiger partial charge is 0.307 e. The Hall–Kier alpha value is -3.43. The average Bonchev–Trinajstić information content (AvgIpc) is 3.20. The van der Waals surface area contributed by atoms with Crippen molar-refractivity contribution in [3.63, 3.8) is 0 Å². The molecular weight excluding hydrogens is 464 g/mol. The van der Waals surface area contributed by atoms with Gasteiger partial charge < -0.3 is 4.40 Å². The summed E-state index contributed by atoms with van der Waals surface area (Å²) in [6.45, 7) is 14.5. The van der Waals surface area contributed by atoms with Crippen LogP contribution < -0.4 is 9.75 Å². The second kappa shape index (κ2) is 7.55. The van der Waals surface area contributed by atoms with E-state index in [1.165, 1.54) is 70.9 Å². The summed E-state index contributed by atoms with van der Waals surface area (Å²) in [6, 6.07) is 23.2. The van der Waals surface area contributed by atoms with Gasteiger partial charge in [-0.05, 0) is 52.6 Å². The van der Waals surface area contributed by atoms with Gasteiger partial charge in [-0.2, -0.15) is 0 Å². The van der Waals surface area contributed by atoms with Gasteiger partial charge in [-0.3, -0.25) is 0 Å². The van der Waals surface area contributed by atoms with Gasteiger partial charge >= 0.3 is 0 Å². The van der Waals surface area contributed by atoms with Gasteiger partial charge in [-0.1, -0.05) is 87.2 Å². The molecule has 3 heteroatoms. The minimum atomic E-state index is -1.58. The van der Waals surface area contributed by atoms with Crippen LogP contribution in [0.1, 0.15) is 25.0 Å². The highest BCUT2D eigenvalue weighted by atomic mass is 28.3. The van der Waals surface area contributed by atoms with Crippen molar-refractivity contribution < 1.29 is 4.57 Å². The van der Waals surface area contributed by atoms with Crippen molar-refractivity contribution in [3.8, 4) is 0 Å². The topological polar surface area (TPSA) is 8.29 Å². The fourth-order valence-electron chi connectivity index (χ4n) is 6.98. The predicted molar refractivity (Wildman–Crippen MR) is 164 cm³/mol. The first-order valence-electron chi connectivity index (χ1n) is 13.6. The molecule has 7 aromatic rings. The predicted octanol–water partition coefficient (Wildman–Crippen LogP) is 8.02. The SMILES string of the molecule is Cc1c2ccccc2c(CC(C)C)c2c1c1c3c(ccc4c5c([Si](C)(C)C)cccc5n2c43)cc[n+]1C. The second-order valence-corrected chi connectivity index (χ2v) is 17.5. The lowest BCUT2D eigenvalue weighted by atomic mass is 9.89. The monoisotopic (exact) mass is 499 g/mol. The Kier molecular flexibility index (Phi) is 4.64. The van der Waals surface area contributed by atoms with E-state index in [0.29, 0.717) is 5.92 Å². The Balaban J connectivity index is 1.94. The fraction of sp³-hybridized carbons (Fsp3) is 0.265. The highest BCUT2D eigenvalue weighted by molar-refractivity contribution is 6.90. The third-order valence-corrected chi connectivity index (χ3v) is 10.5. The standard InChI is InChI=1S/C34H35N2Si/c1-20(2)19-26-24-12-9-8-11-23(24)21(3)29-33(26)36-27-13-10-14-28(37(5,6)7)31(27)25-16-15-22-17-18-35(4)34(29)30(22)32(25)36/h8-18,20H,19H2,1-7H3/q+1. The quantitative estimate of drug-likeness (QED) is 0.101. The molecule has 0 aliphatic carbocycles. The van der Waals surface area contributed by atoms with Gasteiger partial charge in [-0.15, -0.1) is 0 Å². The van der Waals surface area contributed by atoms with Crippen LogP contribution in [0.15, 0.2) is 66.9 Å². The van der Waals surface area contributed by atoms with Gasteiger partial charge in [0.2, 0.25) is 5.52 Å². The Bertz CT molecular complexity index is 2040. The lowest BCUT2D eigenvalue weighted by Crippen LogP contribution is -2.37. The molecule has 0 aliphatic rings. The fourth-order valence-corrected chi connectivity index (χ4v) is 8.58. The summed E-state index contributed by atoms with van der Waals surface area (Å²) < 4.78 is 5.03. The van der Waals surface area contributed by atoms with E-state index < -0.39 is 8.07 Å². The van der Waals surface area contributed by atoms with E-state index in [-0.39, 0.29) is 0 Å². The molecule has 2 nitrogen and oxygen atoms in total. The molecule has 4 aromatic carbocycles. The van der Waals surface area contributed by atoms with E-state index in [2.05, 4.69) is 123 Å². The van der Waals surface area contributed by atoms with Crippen LogP contribution in [0.2, 0.25) is 19.6 Å². The maximum Gasteiger partial charge on any atom is 0.224 e. The van der Waals surface area contributed by atoms with Crippen LogP contribution in [0.4, 0.5) is 0 Å². The maximum absolute atomic E-state index is 2.66. The van der Waals surface area contributed by atoms with Gasteiger partial charge in [0.15, 0.2) is 6.20 Å². The second-order valence-electron chi connectivity index (χ2n) is 12.5. The molecule has 0 atom stereocenters. The number of rotatable bonds is 3. The van der Waals surface area contributed by atoms with Crippen molar-refractivity contribution in [2.45, 2.75) is 46.8 Å². The summed E-state index contributed by atoms with van der Waals surface area (Å²) >= 11 is 0. The molecule has 0 bridgehead atoms. The van der Waals surface area contributed by atoms with Crippen LogP contribution >= 0.6 is 0 Å². The average molecular weight is 500 g/mol. The molecule has 37 heavy (non-hydrogen) atoms. The summed E-state index contributed by atoms with van der Waals surface area (Å²) in [5.74, 6) is 0.562. The van der Waals surface area contributed by atoms with E-state index in [0.717, 1.165) is 6.42 Å². The van der Waals surface area contributed by atoms with E-state index in [9.17, 15) is 0 Å². The summed E-state index contributed by atoms with van der Waals surface area (Å²) in [5.41, 5.74) is 8.37. The van der Waals surface area contributed by atoms with E-state index in [1.54, 1.807) is 5.19 Å². The Morgan fingerprint density at radius 2 is 1.54 bits per heavy atom. The molecule has 0 radical (unpaired) electrons. The number of hydrogen-bond donors (Lipinski definition) is 0. The van der Waals surface area contributed by atoms with Crippen molar-refractivity contribution in [3.05, 3.63) is 78.0 Å². The number of pyridine rings is 2. The zero-order valence-electron chi connectivity index (χ0n) is 23.0. The van der Waals surface area contributed by atoms with Gasteiger partial charge in [0, 0.05) is 16.8 Å². The lowest BCUT2D eigenvalue weighted by molar-refractivity contribution is -0.643. The van der Waals surface area contributed by atoms with Crippen molar-refractivity contribution >= 4 is 73.0 Å². The van der Waals surface area contributed by atoms with Gasteiger partial charge in [0.05, 0.1) is 35.4 Å². The van der Waals surface area contributed by atoms with Gasteiger partial charge in [0.25, 0.3) is 0 Å². The Labute approximate surface area is 219 Å². The third kappa shape index (κ3) is 2.95. The van der Waals surface area contributed by atoms with Crippen LogP contribution in [-0.4, -0.2) is 12.5 Å². The first kappa shape index (κ1) is 22.7. The van der Waals surface area contributed by atoms with Crippen LogP contribution in [0.5, 0.6) is 0 Å². The summed E-state index contributed by atoms with van der Waals surface area (Å²) in [6.07, 6.45) is 3.30. The minimum Gasteiger partial charge on any atom is -0.307 e. The van der Waals surface area contributed by atoms with Crippen LogP contribution in [-0.2, 0) is 13.5 Å². The molecule has 0 unspecified atom stereocenters. The number of fused-ring (bicyclic) bond motifs is 7. The first-order chi connectivity index (χ1) is 17.7. The summed E-state index contributed by atoms with van der Waals surface area (Å²) in [5, 5.41) is 11.3. The first-order valence-corrected chi connectivity index (χ1v) is 17.1. The molecule has 0 saturated carbocycles. The number of nitrogens with zero attached hydrogens (tertiary/aromatic N) is 2. The Morgan fingerprint density at radius 1 is 0.784 bits per heavy atom. The van der Waals surface area contributed by atoms with Gasteiger partial charge in [0.1, 0.15) is 7.05 Å². The zero-order valence-corrected chi connectivity index (χ0v) is 24.0. The van der Waals surface area contributed by atoms with Crippen LogP contribution in [0.25, 0.3) is 59.8 Å².